The van der Waals surface area contributed by atoms with E-state index in [1.165, 1.54) is 24.0 Å². The van der Waals surface area contributed by atoms with Crippen molar-refractivity contribution in [1.82, 2.24) is 15.5 Å². The first-order valence-electron chi connectivity index (χ1n) is 7.84. The number of hydrogen-bond acceptors (Lipinski definition) is 2. The second kappa shape index (κ2) is 10.2. The largest absolute Gasteiger partial charge is 0.355 e. The van der Waals surface area contributed by atoms with Gasteiger partial charge in [0.2, 0.25) is 0 Å². The van der Waals surface area contributed by atoms with Gasteiger partial charge in [-0.3, -0.25) is 4.99 Å². The third kappa shape index (κ3) is 7.71. The molecule has 0 fully saturated rings. The van der Waals surface area contributed by atoms with Crippen molar-refractivity contribution in [2.24, 2.45) is 4.99 Å². The maximum atomic E-state index is 4.26. The molecule has 118 valence electrons. The summed E-state index contributed by atoms with van der Waals surface area (Å²) in [5.41, 5.74) is 2.56. The van der Waals surface area contributed by atoms with Crippen molar-refractivity contribution in [2.45, 2.75) is 33.2 Å². The van der Waals surface area contributed by atoms with Crippen molar-refractivity contribution in [3.05, 3.63) is 35.4 Å². The SMILES string of the molecule is CCCCN(C)CCNC(=NC)NCc1ccc(C)cc1. The Morgan fingerprint density at radius 3 is 2.48 bits per heavy atom. The van der Waals surface area contributed by atoms with Gasteiger partial charge in [-0.15, -0.1) is 0 Å². The van der Waals surface area contributed by atoms with E-state index in [0.29, 0.717) is 0 Å². The highest BCUT2D eigenvalue weighted by Crippen LogP contribution is 2.02. The molecular formula is C17H30N4. The average molecular weight is 290 g/mol. The summed E-state index contributed by atoms with van der Waals surface area (Å²) in [5, 5.41) is 6.70. The Morgan fingerprint density at radius 1 is 1.14 bits per heavy atom. The minimum Gasteiger partial charge on any atom is -0.355 e. The topological polar surface area (TPSA) is 39.7 Å². The summed E-state index contributed by atoms with van der Waals surface area (Å²) < 4.78 is 0. The lowest BCUT2D eigenvalue weighted by atomic mass is 10.1. The van der Waals surface area contributed by atoms with Crippen LogP contribution in [0.3, 0.4) is 0 Å². The molecule has 0 aromatic heterocycles. The number of guanidine groups is 1. The molecule has 0 bridgehead atoms. The van der Waals surface area contributed by atoms with Crippen LogP contribution in [0.5, 0.6) is 0 Å². The van der Waals surface area contributed by atoms with Crippen LogP contribution in [0, 0.1) is 6.92 Å². The summed E-state index contributed by atoms with van der Waals surface area (Å²) in [6, 6.07) is 8.56. The molecule has 21 heavy (non-hydrogen) atoms. The van der Waals surface area contributed by atoms with Gasteiger partial charge < -0.3 is 15.5 Å². The average Bonchev–Trinajstić information content (AvgIpc) is 2.50. The molecule has 0 saturated heterocycles. The van der Waals surface area contributed by atoms with E-state index in [9.17, 15) is 0 Å². The fraction of sp³-hybridized carbons (Fsp3) is 0.588. The number of nitrogens with zero attached hydrogens (tertiary/aromatic N) is 2. The number of aliphatic imine (C=N–C) groups is 1. The molecule has 0 aliphatic heterocycles. The summed E-state index contributed by atoms with van der Waals surface area (Å²) >= 11 is 0. The minimum atomic E-state index is 0.797. The van der Waals surface area contributed by atoms with Gasteiger partial charge in [-0.1, -0.05) is 43.2 Å². The van der Waals surface area contributed by atoms with E-state index >= 15 is 0 Å². The van der Waals surface area contributed by atoms with Crippen LogP contribution in [0.2, 0.25) is 0 Å². The molecule has 0 aliphatic rings. The number of rotatable bonds is 8. The number of unbranched alkanes of at least 4 members (excludes halogenated alkanes) is 1. The van der Waals surface area contributed by atoms with Gasteiger partial charge in [-0.2, -0.15) is 0 Å². The standard InChI is InChI=1S/C17H30N4/c1-5-6-12-21(4)13-11-19-17(18-3)20-14-16-9-7-15(2)8-10-16/h7-10H,5-6,11-14H2,1-4H3,(H2,18,19,20). The molecule has 4 nitrogen and oxygen atoms in total. The fourth-order valence-electron chi connectivity index (χ4n) is 2.02. The molecule has 0 spiro atoms. The van der Waals surface area contributed by atoms with Crippen LogP contribution in [-0.2, 0) is 6.54 Å². The highest BCUT2D eigenvalue weighted by atomic mass is 15.2. The third-order valence-electron chi connectivity index (χ3n) is 3.48. The van der Waals surface area contributed by atoms with Crippen LogP contribution in [0.15, 0.2) is 29.3 Å². The first-order valence-corrected chi connectivity index (χ1v) is 7.84. The van der Waals surface area contributed by atoms with E-state index in [2.05, 4.69) is 65.7 Å². The van der Waals surface area contributed by atoms with Crippen LogP contribution in [0.4, 0.5) is 0 Å². The Hall–Kier alpha value is -1.55. The van der Waals surface area contributed by atoms with Crippen LogP contribution in [0.1, 0.15) is 30.9 Å². The Kier molecular flexibility index (Phi) is 8.51. The van der Waals surface area contributed by atoms with Gasteiger partial charge in [-0.25, -0.2) is 0 Å². The Bertz CT molecular complexity index is 411. The fourth-order valence-corrected chi connectivity index (χ4v) is 2.02. The van der Waals surface area contributed by atoms with E-state index in [4.69, 9.17) is 0 Å². The molecule has 1 aromatic carbocycles. The quantitative estimate of drug-likeness (QED) is 0.570. The Morgan fingerprint density at radius 2 is 1.86 bits per heavy atom. The molecule has 0 atom stereocenters. The number of benzene rings is 1. The number of aryl methyl sites for hydroxylation is 1. The monoisotopic (exact) mass is 290 g/mol. The molecule has 0 radical (unpaired) electrons. The van der Waals surface area contributed by atoms with E-state index in [0.717, 1.165) is 32.1 Å². The highest BCUT2D eigenvalue weighted by molar-refractivity contribution is 5.79. The van der Waals surface area contributed by atoms with Crippen LogP contribution in [-0.4, -0.2) is 44.6 Å². The minimum absolute atomic E-state index is 0.797. The Labute approximate surface area is 129 Å². The molecule has 4 heteroatoms. The molecule has 1 aromatic rings. The van der Waals surface area contributed by atoms with Gasteiger partial charge in [0, 0.05) is 26.7 Å². The zero-order valence-corrected chi connectivity index (χ0v) is 13.9. The summed E-state index contributed by atoms with van der Waals surface area (Å²) in [4.78, 5) is 6.61. The van der Waals surface area contributed by atoms with Crippen molar-refractivity contribution in [3.8, 4) is 0 Å². The van der Waals surface area contributed by atoms with E-state index < -0.39 is 0 Å². The van der Waals surface area contributed by atoms with Crippen LogP contribution < -0.4 is 10.6 Å². The Balaban J connectivity index is 2.24. The summed E-state index contributed by atoms with van der Waals surface area (Å²) in [5.74, 6) is 0.861. The molecule has 2 N–H and O–H groups in total. The molecular weight excluding hydrogens is 260 g/mol. The van der Waals surface area contributed by atoms with Gasteiger partial charge >= 0.3 is 0 Å². The predicted octanol–water partition coefficient (Wildman–Crippen LogP) is 2.39. The van der Waals surface area contributed by atoms with Crippen LogP contribution >= 0.6 is 0 Å². The lowest BCUT2D eigenvalue weighted by molar-refractivity contribution is 0.332. The number of hydrogen-bond donors (Lipinski definition) is 2. The van der Waals surface area contributed by atoms with Crippen LogP contribution in [0.25, 0.3) is 0 Å². The van der Waals surface area contributed by atoms with Gasteiger partial charge in [0.1, 0.15) is 0 Å². The molecule has 1 rings (SSSR count). The smallest absolute Gasteiger partial charge is 0.191 e. The highest BCUT2D eigenvalue weighted by Gasteiger charge is 2.00. The van der Waals surface area contributed by atoms with Crippen molar-refractivity contribution in [2.75, 3.05) is 33.7 Å². The van der Waals surface area contributed by atoms with Crippen molar-refractivity contribution < 1.29 is 0 Å². The van der Waals surface area contributed by atoms with E-state index in [1.54, 1.807) is 0 Å². The van der Waals surface area contributed by atoms with E-state index in [1.807, 2.05) is 7.05 Å². The second-order valence-corrected chi connectivity index (χ2v) is 5.49. The normalized spacial score (nSPS) is 11.8. The van der Waals surface area contributed by atoms with Gasteiger partial charge in [0.25, 0.3) is 0 Å². The maximum Gasteiger partial charge on any atom is 0.191 e. The van der Waals surface area contributed by atoms with Crippen molar-refractivity contribution in [3.63, 3.8) is 0 Å². The summed E-state index contributed by atoms with van der Waals surface area (Å²) in [6.45, 7) is 8.23. The zero-order chi connectivity index (χ0) is 15.5. The predicted molar refractivity (Wildman–Crippen MR) is 91.8 cm³/mol. The van der Waals surface area contributed by atoms with Crippen molar-refractivity contribution >= 4 is 5.96 Å². The lowest BCUT2D eigenvalue weighted by Gasteiger charge is -2.18. The second-order valence-electron chi connectivity index (χ2n) is 5.49. The zero-order valence-electron chi connectivity index (χ0n) is 13.9. The molecule has 0 heterocycles. The maximum absolute atomic E-state index is 4.26. The lowest BCUT2D eigenvalue weighted by Crippen LogP contribution is -2.40. The molecule has 0 saturated carbocycles. The number of likely N-dealkylation sites (N-methyl/N-ethyl adjacent to an activating group) is 1. The van der Waals surface area contributed by atoms with E-state index in [-0.39, 0.29) is 0 Å². The summed E-state index contributed by atoms with van der Waals surface area (Å²) in [6.07, 6.45) is 2.51. The van der Waals surface area contributed by atoms with Crippen molar-refractivity contribution in [1.29, 1.82) is 0 Å². The molecule has 0 unspecified atom stereocenters. The van der Waals surface area contributed by atoms with Gasteiger partial charge in [0.15, 0.2) is 5.96 Å². The number of nitrogens with one attached hydrogen (secondary N) is 2. The molecule has 0 aliphatic carbocycles. The third-order valence-corrected chi connectivity index (χ3v) is 3.48. The van der Waals surface area contributed by atoms with Gasteiger partial charge in [0.05, 0.1) is 0 Å². The first-order chi connectivity index (χ1) is 10.2. The van der Waals surface area contributed by atoms with Gasteiger partial charge in [-0.05, 0) is 32.5 Å². The summed E-state index contributed by atoms with van der Waals surface area (Å²) in [7, 11) is 3.98. The molecule has 0 amide bonds. The first kappa shape index (κ1) is 17.5.